The summed E-state index contributed by atoms with van der Waals surface area (Å²) in [7, 11) is 0. The molecular weight excluding hydrogens is 379 g/mol. The van der Waals surface area contributed by atoms with E-state index in [4.69, 9.17) is 12.2 Å². The van der Waals surface area contributed by atoms with Crippen LogP contribution in [0.2, 0.25) is 0 Å². The van der Waals surface area contributed by atoms with Crippen molar-refractivity contribution in [2.24, 2.45) is 5.92 Å². The van der Waals surface area contributed by atoms with Gasteiger partial charge >= 0.3 is 0 Å². The van der Waals surface area contributed by atoms with E-state index in [1.54, 1.807) is 24.3 Å². The van der Waals surface area contributed by atoms with E-state index in [2.05, 4.69) is 21.5 Å². The van der Waals surface area contributed by atoms with E-state index in [1.165, 1.54) is 12.1 Å². The van der Waals surface area contributed by atoms with E-state index < -0.39 is 17.8 Å². The Morgan fingerprint density at radius 1 is 1.00 bits per heavy atom. The molecule has 0 saturated carbocycles. The highest BCUT2D eigenvalue weighted by atomic mass is 32.1. The lowest BCUT2D eigenvalue weighted by atomic mass is 10.0. The molecule has 2 aromatic rings. The summed E-state index contributed by atoms with van der Waals surface area (Å²) in [5.41, 5.74) is 6.47. The van der Waals surface area contributed by atoms with E-state index >= 15 is 0 Å². The molecule has 0 aromatic heterocycles. The van der Waals surface area contributed by atoms with Crippen LogP contribution in [0.3, 0.4) is 0 Å². The molecule has 2 aromatic carbocycles. The predicted molar refractivity (Wildman–Crippen MR) is 111 cm³/mol. The second-order valence-electron chi connectivity index (χ2n) is 6.56. The van der Waals surface area contributed by atoms with Gasteiger partial charge in [-0.3, -0.25) is 20.4 Å². The van der Waals surface area contributed by atoms with Crippen LogP contribution in [0.5, 0.6) is 0 Å². The number of anilines is 1. The Labute approximate surface area is 168 Å². The number of carbonyl (C=O) groups is 2. The molecule has 28 heavy (non-hydrogen) atoms. The monoisotopic (exact) mass is 402 g/mol. The Morgan fingerprint density at radius 2 is 1.64 bits per heavy atom. The lowest BCUT2D eigenvalue weighted by Gasteiger charge is -2.22. The Bertz CT molecular complexity index is 873. The summed E-state index contributed by atoms with van der Waals surface area (Å²) >= 11 is 5.06. The first kappa shape index (κ1) is 21.3. The molecule has 8 heteroatoms. The van der Waals surface area contributed by atoms with E-state index in [1.807, 2.05) is 32.9 Å². The standard InChI is InChI=1S/C20H23FN4O2S/c1-12(2)17(23-18(26)14-9-5-4-8-13(14)3)19(27)24-25-20(28)22-16-11-7-6-10-15(16)21/h4-12,17H,1-3H3,(H,23,26)(H,24,27)(H2,22,25,28)/t17-/m0/s1. The SMILES string of the molecule is Cc1ccccc1C(=O)N[C@H](C(=O)NNC(=S)Nc1ccccc1F)C(C)C. The smallest absolute Gasteiger partial charge is 0.261 e. The number of thiocarbonyl (C=S) groups is 1. The van der Waals surface area contributed by atoms with Crippen LogP contribution in [-0.2, 0) is 4.79 Å². The number of carbonyl (C=O) groups excluding carboxylic acids is 2. The minimum absolute atomic E-state index is 0.0196. The maximum atomic E-state index is 13.6. The molecule has 0 aliphatic carbocycles. The minimum atomic E-state index is -0.782. The third-order valence-electron chi connectivity index (χ3n) is 4.05. The van der Waals surface area contributed by atoms with Crippen LogP contribution in [0.1, 0.15) is 29.8 Å². The van der Waals surface area contributed by atoms with Crippen LogP contribution in [0, 0.1) is 18.7 Å². The van der Waals surface area contributed by atoms with Gasteiger partial charge in [0.1, 0.15) is 11.9 Å². The highest BCUT2D eigenvalue weighted by Crippen LogP contribution is 2.12. The van der Waals surface area contributed by atoms with Crippen LogP contribution in [0.4, 0.5) is 10.1 Å². The van der Waals surface area contributed by atoms with Gasteiger partial charge in [-0.2, -0.15) is 0 Å². The number of hydrazine groups is 1. The van der Waals surface area contributed by atoms with Crippen molar-refractivity contribution in [3.05, 3.63) is 65.5 Å². The maximum Gasteiger partial charge on any atom is 0.261 e. The molecule has 0 aliphatic heterocycles. The molecule has 148 valence electrons. The summed E-state index contributed by atoms with van der Waals surface area (Å²) in [5, 5.41) is 5.41. The topological polar surface area (TPSA) is 82.3 Å². The van der Waals surface area contributed by atoms with Gasteiger partial charge in [0.15, 0.2) is 5.11 Å². The number of para-hydroxylation sites is 1. The van der Waals surface area contributed by atoms with E-state index in [0.29, 0.717) is 5.56 Å². The Kier molecular flexibility index (Phi) is 7.45. The Balaban J connectivity index is 1.95. The normalized spacial score (nSPS) is 11.5. The molecule has 0 radical (unpaired) electrons. The lowest BCUT2D eigenvalue weighted by Crippen LogP contribution is -2.55. The van der Waals surface area contributed by atoms with Gasteiger partial charge in [-0.25, -0.2) is 4.39 Å². The average Bonchev–Trinajstić information content (AvgIpc) is 2.66. The van der Waals surface area contributed by atoms with Gasteiger partial charge in [-0.15, -0.1) is 0 Å². The zero-order valence-corrected chi connectivity index (χ0v) is 16.7. The number of aryl methyl sites for hydroxylation is 1. The van der Waals surface area contributed by atoms with E-state index in [9.17, 15) is 14.0 Å². The minimum Gasteiger partial charge on any atom is -0.340 e. The second kappa shape index (κ2) is 9.80. The number of amides is 2. The first-order chi connectivity index (χ1) is 13.3. The molecule has 0 unspecified atom stereocenters. The van der Waals surface area contributed by atoms with Crippen molar-refractivity contribution in [3.63, 3.8) is 0 Å². The summed E-state index contributed by atoms with van der Waals surface area (Å²) in [5.74, 6) is -1.43. The average molecular weight is 402 g/mol. The molecule has 0 bridgehead atoms. The zero-order chi connectivity index (χ0) is 20.7. The maximum absolute atomic E-state index is 13.6. The van der Waals surface area contributed by atoms with Crippen molar-refractivity contribution in [1.29, 1.82) is 0 Å². The van der Waals surface area contributed by atoms with Crippen LogP contribution < -0.4 is 21.5 Å². The lowest BCUT2D eigenvalue weighted by molar-refractivity contribution is -0.124. The third kappa shape index (κ3) is 5.75. The molecule has 6 nitrogen and oxygen atoms in total. The fraction of sp³-hybridized carbons (Fsp3) is 0.250. The van der Waals surface area contributed by atoms with Gasteiger partial charge in [-0.1, -0.05) is 44.2 Å². The molecule has 2 amide bonds. The first-order valence-electron chi connectivity index (χ1n) is 8.77. The van der Waals surface area contributed by atoms with Gasteiger partial charge in [-0.05, 0) is 48.8 Å². The summed E-state index contributed by atoms with van der Waals surface area (Å²) in [4.78, 5) is 25.0. The van der Waals surface area contributed by atoms with E-state index in [0.717, 1.165) is 5.56 Å². The third-order valence-corrected chi connectivity index (χ3v) is 4.25. The summed E-state index contributed by atoms with van der Waals surface area (Å²) in [6.45, 7) is 5.46. The summed E-state index contributed by atoms with van der Waals surface area (Å²) < 4.78 is 13.6. The van der Waals surface area contributed by atoms with E-state index in [-0.39, 0.29) is 22.6 Å². The van der Waals surface area contributed by atoms with Crippen molar-refractivity contribution in [2.45, 2.75) is 26.8 Å². The van der Waals surface area contributed by atoms with Crippen LogP contribution >= 0.6 is 12.2 Å². The predicted octanol–water partition coefficient (Wildman–Crippen LogP) is 2.91. The molecule has 2 rings (SSSR count). The molecule has 0 aliphatic rings. The van der Waals surface area contributed by atoms with Gasteiger partial charge in [0.25, 0.3) is 11.8 Å². The van der Waals surface area contributed by atoms with Crippen molar-refractivity contribution >= 4 is 34.8 Å². The number of rotatable bonds is 5. The highest BCUT2D eigenvalue weighted by molar-refractivity contribution is 7.80. The molecule has 0 saturated heterocycles. The Hall–Kier alpha value is -3.00. The van der Waals surface area contributed by atoms with Crippen LogP contribution in [0.15, 0.2) is 48.5 Å². The van der Waals surface area contributed by atoms with Crippen molar-refractivity contribution in [3.8, 4) is 0 Å². The largest absolute Gasteiger partial charge is 0.340 e. The first-order valence-corrected chi connectivity index (χ1v) is 9.18. The number of hydrogen-bond acceptors (Lipinski definition) is 3. The quantitative estimate of drug-likeness (QED) is 0.457. The van der Waals surface area contributed by atoms with Gasteiger partial charge in [0, 0.05) is 5.56 Å². The van der Waals surface area contributed by atoms with Gasteiger partial charge < -0.3 is 10.6 Å². The van der Waals surface area contributed by atoms with Crippen molar-refractivity contribution < 1.29 is 14.0 Å². The molecule has 1 atom stereocenters. The fourth-order valence-corrected chi connectivity index (χ4v) is 2.65. The molecule has 0 spiro atoms. The van der Waals surface area contributed by atoms with Crippen LogP contribution in [-0.4, -0.2) is 23.0 Å². The molecule has 0 heterocycles. The molecular formula is C20H23FN4O2S. The molecule has 4 N–H and O–H groups in total. The number of benzene rings is 2. The fourth-order valence-electron chi connectivity index (χ4n) is 2.49. The zero-order valence-electron chi connectivity index (χ0n) is 15.9. The Morgan fingerprint density at radius 3 is 2.29 bits per heavy atom. The van der Waals surface area contributed by atoms with Gasteiger partial charge in [0.05, 0.1) is 5.69 Å². The summed E-state index contributed by atoms with van der Waals surface area (Å²) in [6, 6.07) is 12.4. The highest BCUT2D eigenvalue weighted by Gasteiger charge is 2.25. The summed E-state index contributed by atoms with van der Waals surface area (Å²) in [6.07, 6.45) is 0. The van der Waals surface area contributed by atoms with Crippen LogP contribution in [0.25, 0.3) is 0 Å². The number of halogens is 1. The van der Waals surface area contributed by atoms with Crippen molar-refractivity contribution in [1.82, 2.24) is 16.2 Å². The molecule has 0 fully saturated rings. The van der Waals surface area contributed by atoms with Gasteiger partial charge in [0.2, 0.25) is 0 Å². The second-order valence-corrected chi connectivity index (χ2v) is 6.97. The number of hydrogen-bond donors (Lipinski definition) is 4. The number of nitrogens with one attached hydrogen (secondary N) is 4. The van der Waals surface area contributed by atoms with Crippen molar-refractivity contribution in [2.75, 3.05) is 5.32 Å².